The molecule has 1 aromatic carbocycles. The minimum absolute atomic E-state index is 0.0124. The molecule has 3 rings (SSSR count). The monoisotopic (exact) mass is 418 g/mol. The molecule has 2 heterocycles. The highest BCUT2D eigenvalue weighted by atomic mass is 35.5. The van der Waals surface area contributed by atoms with E-state index in [0.29, 0.717) is 5.69 Å². The number of rotatable bonds is 5. The van der Waals surface area contributed by atoms with Crippen molar-refractivity contribution in [1.82, 2.24) is 15.1 Å². The van der Waals surface area contributed by atoms with Gasteiger partial charge in [-0.3, -0.25) is 19.6 Å². The topological polar surface area (TPSA) is 99.3 Å². The quantitative estimate of drug-likeness (QED) is 0.594. The lowest BCUT2D eigenvalue weighted by atomic mass is 10.1. The third kappa shape index (κ3) is 4.09. The van der Waals surface area contributed by atoms with Gasteiger partial charge in [0.25, 0.3) is 11.6 Å². The second-order valence-corrected chi connectivity index (χ2v) is 6.38. The second kappa shape index (κ2) is 7.76. The highest BCUT2D eigenvalue weighted by molar-refractivity contribution is 6.32. The fourth-order valence-electron chi connectivity index (χ4n) is 2.89. The Kier molecular flexibility index (Phi) is 5.57. The van der Waals surface area contributed by atoms with Gasteiger partial charge in [-0.25, -0.2) is 0 Å². The number of amides is 1. The van der Waals surface area contributed by atoms with Crippen LogP contribution in [-0.4, -0.2) is 33.8 Å². The van der Waals surface area contributed by atoms with Crippen LogP contribution in [0.15, 0.2) is 18.2 Å². The summed E-state index contributed by atoms with van der Waals surface area (Å²) >= 11 is 5.70. The largest absolute Gasteiger partial charge is 0.435 e. The molecule has 0 saturated carbocycles. The minimum Gasteiger partial charge on any atom is -0.376 e. The fourth-order valence-corrected chi connectivity index (χ4v) is 3.08. The molecule has 150 valence electrons. The number of nitrogens with one attached hydrogen (secondary N) is 1. The van der Waals surface area contributed by atoms with Crippen LogP contribution in [0.2, 0.25) is 5.02 Å². The van der Waals surface area contributed by atoms with Crippen LogP contribution in [-0.2, 0) is 30.5 Å². The number of carbonyl (C=O) groups is 1. The summed E-state index contributed by atoms with van der Waals surface area (Å²) in [6, 6.07) is 3.58. The molecule has 2 aromatic rings. The third-order valence-electron chi connectivity index (χ3n) is 4.18. The van der Waals surface area contributed by atoms with Crippen molar-refractivity contribution in [3.63, 3.8) is 0 Å². The van der Waals surface area contributed by atoms with Crippen LogP contribution in [0.3, 0.4) is 0 Å². The van der Waals surface area contributed by atoms with Gasteiger partial charge in [-0.15, -0.1) is 0 Å². The van der Waals surface area contributed by atoms with Crippen molar-refractivity contribution in [2.45, 2.75) is 25.7 Å². The number of fused-ring (bicyclic) bond motifs is 1. The average molecular weight is 419 g/mol. The summed E-state index contributed by atoms with van der Waals surface area (Å²) in [4.78, 5) is 22.3. The molecule has 0 atom stereocenters. The van der Waals surface area contributed by atoms with Crippen molar-refractivity contribution in [2.24, 2.45) is 0 Å². The molecule has 28 heavy (non-hydrogen) atoms. The Morgan fingerprint density at radius 2 is 2.18 bits per heavy atom. The van der Waals surface area contributed by atoms with E-state index in [9.17, 15) is 28.1 Å². The normalized spacial score (nSPS) is 13.9. The van der Waals surface area contributed by atoms with Crippen molar-refractivity contribution in [1.29, 1.82) is 0 Å². The van der Waals surface area contributed by atoms with E-state index in [1.54, 1.807) is 0 Å². The van der Waals surface area contributed by atoms with Crippen molar-refractivity contribution >= 4 is 23.2 Å². The van der Waals surface area contributed by atoms with Gasteiger partial charge in [0.05, 0.1) is 24.7 Å². The molecule has 1 N–H and O–H groups in total. The number of ether oxygens (including phenoxy) is 1. The van der Waals surface area contributed by atoms with Crippen LogP contribution in [0, 0.1) is 10.1 Å². The zero-order chi connectivity index (χ0) is 20.5. The summed E-state index contributed by atoms with van der Waals surface area (Å²) in [5, 5.41) is 16.9. The molecule has 0 fully saturated rings. The van der Waals surface area contributed by atoms with E-state index in [2.05, 4.69) is 10.4 Å². The molecule has 0 radical (unpaired) electrons. The standard InChI is InChI=1S/C16H14ClF3N4O4/c17-11-2-1-9(7-13(11)24(26)27)15(25)21-4-5-23-12-3-6-28-8-10(12)14(22-23)16(18,19)20/h1-2,7H,3-6,8H2,(H,21,25). The van der Waals surface area contributed by atoms with E-state index >= 15 is 0 Å². The number of carbonyl (C=O) groups excluding carboxylic acids is 1. The van der Waals surface area contributed by atoms with Gasteiger partial charge in [-0.05, 0) is 12.1 Å². The van der Waals surface area contributed by atoms with Gasteiger partial charge in [-0.1, -0.05) is 11.6 Å². The molecule has 0 bridgehead atoms. The molecule has 0 spiro atoms. The first-order valence-corrected chi connectivity index (χ1v) is 8.52. The Labute approximate surface area is 161 Å². The Hall–Kier alpha value is -2.66. The smallest absolute Gasteiger partial charge is 0.376 e. The molecular weight excluding hydrogens is 405 g/mol. The maximum atomic E-state index is 13.1. The van der Waals surface area contributed by atoms with E-state index in [1.165, 1.54) is 16.8 Å². The maximum absolute atomic E-state index is 13.1. The van der Waals surface area contributed by atoms with Crippen molar-refractivity contribution < 1.29 is 27.6 Å². The van der Waals surface area contributed by atoms with Crippen LogP contribution in [0.25, 0.3) is 0 Å². The zero-order valence-corrected chi connectivity index (χ0v) is 15.0. The van der Waals surface area contributed by atoms with Crippen LogP contribution in [0.4, 0.5) is 18.9 Å². The highest BCUT2D eigenvalue weighted by Crippen LogP contribution is 2.34. The lowest BCUT2D eigenvalue weighted by Crippen LogP contribution is -2.28. The zero-order valence-electron chi connectivity index (χ0n) is 14.3. The highest BCUT2D eigenvalue weighted by Gasteiger charge is 2.39. The summed E-state index contributed by atoms with van der Waals surface area (Å²) in [5.41, 5.74) is -0.941. The first-order valence-electron chi connectivity index (χ1n) is 8.14. The molecule has 12 heteroatoms. The van der Waals surface area contributed by atoms with E-state index in [0.717, 1.165) is 6.07 Å². The van der Waals surface area contributed by atoms with Crippen LogP contribution in [0.5, 0.6) is 0 Å². The third-order valence-corrected chi connectivity index (χ3v) is 4.50. The van der Waals surface area contributed by atoms with E-state index in [1.807, 2.05) is 0 Å². The summed E-state index contributed by atoms with van der Waals surface area (Å²) in [5.74, 6) is -0.611. The van der Waals surface area contributed by atoms with Crippen LogP contribution >= 0.6 is 11.6 Å². The Bertz CT molecular complexity index is 929. The predicted octanol–water partition coefficient (Wildman–Crippen LogP) is 2.97. The van der Waals surface area contributed by atoms with Crippen molar-refractivity contribution in [2.75, 3.05) is 13.2 Å². The summed E-state index contributed by atoms with van der Waals surface area (Å²) in [6.45, 7) is 0.128. The van der Waals surface area contributed by atoms with Gasteiger partial charge < -0.3 is 10.1 Å². The average Bonchev–Trinajstić information content (AvgIpc) is 3.01. The Balaban J connectivity index is 1.70. The minimum atomic E-state index is -4.60. The number of nitro benzene ring substituents is 1. The van der Waals surface area contributed by atoms with Crippen LogP contribution in [0.1, 0.15) is 27.3 Å². The van der Waals surface area contributed by atoms with Gasteiger partial charge in [-0.2, -0.15) is 18.3 Å². The lowest BCUT2D eigenvalue weighted by Gasteiger charge is -2.15. The number of nitro groups is 1. The number of aromatic nitrogens is 2. The van der Waals surface area contributed by atoms with Gasteiger partial charge in [0, 0.05) is 35.9 Å². The summed E-state index contributed by atoms with van der Waals surface area (Å²) in [7, 11) is 0. The summed E-state index contributed by atoms with van der Waals surface area (Å²) in [6.07, 6.45) is -4.31. The van der Waals surface area contributed by atoms with Crippen LogP contribution < -0.4 is 5.32 Å². The maximum Gasteiger partial charge on any atom is 0.435 e. The molecule has 8 nitrogen and oxygen atoms in total. The number of nitrogens with zero attached hydrogens (tertiary/aromatic N) is 3. The first kappa shape index (κ1) is 20.1. The molecule has 0 aliphatic carbocycles. The van der Waals surface area contributed by atoms with Gasteiger partial charge in [0.1, 0.15) is 5.02 Å². The Morgan fingerprint density at radius 1 is 1.43 bits per heavy atom. The lowest BCUT2D eigenvalue weighted by molar-refractivity contribution is -0.384. The molecule has 1 aromatic heterocycles. The number of halogens is 4. The van der Waals surface area contributed by atoms with E-state index < -0.39 is 28.4 Å². The van der Waals surface area contributed by atoms with E-state index in [-0.39, 0.29) is 48.9 Å². The molecule has 1 aliphatic rings. The first-order chi connectivity index (χ1) is 13.2. The van der Waals surface area contributed by atoms with Gasteiger partial charge in [0.2, 0.25) is 0 Å². The predicted molar refractivity (Wildman–Crippen MR) is 91.0 cm³/mol. The fraction of sp³-hybridized carbons (Fsp3) is 0.375. The molecule has 1 aliphatic heterocycles. The second-order valence-electron chi connectivity index (χ2n) is 5.98. The van der Waals surface area contributed by atoms with Gasteiger partial charge >= 0.3 is 6.18 Å². The van der Waals surface area contributed by atoms with Crippen molar-refractivity contribution in [3.8, 4) is 0 Å². The Morgan fingerprint density at radius 3 is 2.86 bits per heavy atom. The van der Waals surface area contributed by atoms with Gasteiger partial charge in [0.15, 0.2) is 5.69 Å². The van der Waals surface area contributed by atoms with Crippen molar-refractivity contribution in [3.05, 3.63) is 55.9 Å². The molecule has 0 saturated heterocycles. The molecular formula is C16H14ClF3N4O4. The number of benzene rings is 1. The SMILES string of the molecule is O=C(NCCn1nc(C(F)(F)F)c2c1CCOC2)c1ccc(Cl)c([N+](=O)[O-])c1. The molecule has 1 amide bonds. The van der Waals surface area contributed by atoms with E-state index in [4.69, 9.17) is 16.3 Å². The summed E-state index contributed by atoms with van der Waals surface area (Å²) < 4.78 is 45.7. The number of hydrogen-bond donors (Lipinski definition) is 1. The molecule has 0 unspecified atom stereocenters. The number of alkyl halides is 3. The number of hydrogen-bond acceptors (Lipinski definition) is 5.